The number of halogens is 1. The summed E-state index contributed by atoms with van der Waals surface area (Å²) >= 11 is 5.93. The second-order valence-corrected chi connectivity index (χ2v) is 6.14. The molecule has 1 heterocycles. The van der Waals surface area contributed by atoms with Crippen molar-refractivity contribution in [3.8, 4) is 0 Å². The van der Waals surface area contributed by atoms with Crippen molar-refractivity contribution < 1.29 is 9.47 Å². The Morgan fingerprint density at radius 2 is 2.06 bits per heavy atom. The van der Waals surface area contributed by atoms with Crippen LogP contribution in [0, 0.1) is 11.8 Å². The number of ether oxygens (including phenoxy) is 2. The monoisotopic (exact) mass is 273 g/mol. The molecule has 0 aromatic carbocycles. The Bertz CT molecular complexity index is 285. The molecule has 0 radical (unpaired) electrons. The molecule has 2 rings (SSSR count). The first-order chi connectivity index (χ1) is 8.69. The lowest BCUT2D eigenvalue weighted by Gasteiger charge is -2.34. The van der Waals surface area contributed by atoms with Gasteiger partial charge in [-0.2, -0.15) is 0 Å². The van der Waals surface area contributed by atoms with Crippen molar-refractivity contribution in [2.24, 2.45) is 16.8 Å². The van der Waals surface area contributed by atoms with Crippen LogP contribution in [0.5, 0.6) is 0 Å². The van der Waals surface area contributed by atoms with E-state index in [9.17, 15) is 0 Å². The van der Waals surface area contributed by atoms with Crippen LogP contribution in [-0.2, 0) is 9.47 Å². The third-order valence-corrected chi connectivity index (χ3v) is 4.39. The van der Waals surface area contributed by atoms with Gasteiger partial charge in [0.2, 0.25) is 0 Å². The summed E-state index contributed by atoms with van der Waals surface area (Å²) in [5, 5.41) is 0. The smallest absolute Gasteiger partial charge is 0.123 e. The van der Waals surface area contributed by atoms with Gasteiger partial charge in [0.25, 0.3) is 0 Å². The molecule has 0 saturated heterocycles. The molecule has 104 valence electrons. The first-order valence-corrected chi connectivity index (χ1v) is 7.44. The van der Waals surface area contributed by atoms with E-state index < -0.39 is 0 Å². The van der Waals surface area contributed by atoms with Crippen molar-refractivity contribution >= 4 is 17.8 Å². The van der Waals surface area contributed by atoms with Crippen LogP contribution in [0.2, 0.25) is 0 Å². The van der Waals surface area contributed by atoms with Crippen molar-refractivity contribution in [3.05, 3.63) is 0 Å². The van der Waals surface area contributed by atoms with Crippen LogP contribution in [0.4, 0.5) is 0 Å². The molecular weight excluding hydrogens is 250 g/mol. The molecule has 1 saturated carbocycles. The van der Waals surface area contributed by atoms with E-state index >= 15 is 0 Å². The molecule has 0 amide bonds. The van der Waals surface area contributed by atoms with E-state index in [1.165, 1.54) is 6.42 Å². The van der Waals surface area contributed by atoms with Crippen molar-refractivity contribution in [1.29, 1.82) is 0 Å². The Kier molecular flexibility index (Phi) is 5.46. The van der Waals surface area contributed by atoms with Gasteiger partial charge in [-0.05, 0) is 38.0 Å². The maximum absolute atomic E-state index is 6.05. The highest BCUT2D eigenvalue weighted by molar-refractivity contribution is 6.20. The van der Waals surface area contributed by atoms with Gasteiger partial charge in [0.15, 0.2) is 0 Å². The fourth-order valence-corrected chi connectivity index (χ4v) is 3.02. The minimum Gasteiger partial charge on any atom is -0.379 e. The van der Waals surface area contributed by atoms with Crippen molar-refractivity contribution in [2.75, 3.05) is 13.7 Å². The summed E-state index contributed by atoms with van der Waals surface area (Å²) in [6.07, 6.45) is 8.00. The summed E-state index contributed by atoms with van der Waals surface area (Å²) in [6, 6.07) is 0. The van der Waals surface area contributed by atoms with Crippen LogP contribution >= 0.6 is 11.6 Å². The van der Waals surface area contributed by atoms with Crippen LogP contribution in [0.3, 0.4) is 0 Å². The molecule has 4 heteroatoms. The first kappa shape index (κ1) is 14.3. The van der Waals surface area contributed by atoms with E-state index in [1.54, 1.807) is 7.11 Å². The third-order valence-electron chi connectivity index (χ3n) is 4.05. The predicted octanol–water partition coefficient (Wildman–Crippen LogP) is 3.25. The lowest BCUT2D eigenvalue weighted by atomic mass is 9.86. The van der Waals surface area contributed by atoms with Gasteiger partial charge in [-0.1, -0.05) is 18.5 Å². The number of aliphatic imine (C=N–C) groups is 1. The van der Waals surface area contributed by atoms with Crippen molar-refractivity contribution in [3.63, 3.8) is 0 Å². The van der Waals surface area contributed by atoms with E-state index in [-0.39, 0.29) is 17.7 Å². The number of hydrogen-bond acceptors (Lipinski definition) is 3. The topological polar surface area (TPSA) is 30.8 Å². The SMILES string of the molecule is COC1CC(C)CCC1OCC1C=NC(Cl)CC1. The zero-order chi connectivity index (χ0) is 13.0. The molecule has 5 atom stereocenters. The van der Waals surface area contributed by atoms with E-state index in [4.69, 9.17) is 21.1 Å². The first-order valence-electron chi connectivity index (χ1n) is 7.00. The largest absolute Gasteiger partial charge is 0.379 e. The summed E-state index contributed by atoms with van der Waals surface area (Å²) in [5.74, 6) is 1.18. The van der Waals surface area contributed by atoms with Gasteiger partial charge >= 0.3 is 0 Å². The van der Waals surface area contributed by atoms with Gasteiger partial charge in [-0.15, -0.1) is 0 Å². The zero-order valence-electron chi connectivity index (χ0n) is 11.3. The lowest BCUT2D eigenvalue weighted by molar-refractivity contribution is -0.0901. The fourth-order valence-electron chi connectivity index (χ4n) is 2.83. The summed E-state index contributed by atoms with van der Waals surface area (Å²) in [6.45, 7) is 3.04. The maximum atomic E-state index is 6.05. The number of alkyl halides is 1. The second kappa shape index (κ2) is 6.88. The maximum Gasteiger partial charge on any atom is 0.123 e. The van der Waals surface area contributed by atoms with Gasteiger partial charge < -0.3 is 9.47 Å². The molecule has 0 N–H and O–H groups in total. The summed E-state index contributed by atoms with van der Waals surface area (Å²) < 4.78 is 11.6. The van der Waals surface area contributed by atoms with Crippen molar-refractivity contribution in [2.45, 2.75) is 56.7 Å². The highest BCUT2D eigenvalue weighted by Crippen LogP contribution is 2.29. The predicted molar refractivity (Wildman–Crippen MR) is 74.4 cm³/mol. The van der Waals surface area contributed by atoms with Gasteiger partial charge in [-0.25, -0.2) is 0 Å². The van der Waals surface area contributed by atoms with Gasteiger partial charge in [-0.3, -0.25) is 4.99 Å². The Labute approximate surface area is 115 Å². The van der Waals surface area contributed by atoms with Crippen LogP contribution in [-0.4, -0.2) is 37.6 Å². The molecule has 0 aromatic rings. The number of nitrogens with zero attached hydrogens (tertiary/aromatic N) is 1. The summed E-state index contributed by atoms with van der Waals surface area (Å²) in [4.78, 5) is 4.26. The molecule has 0 bridgehead atoms. The van der Waals surface area contributed by atoms with Crippen LogP contribution in [0.1, 0.15) is 39.0 Å². The Morgan fingerprint density at radius 3 is 2.72 bits per heavy atom. The number of rotatable bonds is 4. The lowest BCUT2D eigenvalue weighted by Crippen LogP contribution is -2.38. The third kappa shape index (κ3) is 3.94. The minimum absolute atomic E-state index is 0.0245. The van der Waals surface area contributed by atoms with E-state index in [2.05, 4.69) is 11.9 Å². The normalized spacial score (nSPS) is 40.9. The van der Waals surface area contributed by atoms with Crippen LogP contribution in [0.15, 0.2) is 4.99 Å². The van der Waals surface area contributed by atoms with Crippen LogP contribution < -0.4 is 0 Å². The molecule has 5 unspecified atom stereocenters. The van der Waals surface area contributed by atoms with Gasteiger partial charge in [0, 0.05) is 19.2 Å². The molecule has 0 spiro atoms. The zero-order valence-corrected chi connectivity index (χ0v) is 12.1. The number of methoxy groups -OCH3 is 1. The standard InChI is InChI=1S/C14H24ClNO2/c1-10-3-5-12(13(7-10)17-2)18-9-11-4-6-14(15)16-8-11/h8,10-14H,3-7,9H2,1-2H3. The highest BCUT2D eigenvalue weighted by atomic mass is 35.5. The molecule has 0 aromatic heterocycles. The highest BCUT2D eigenvalue weighted by Gasteiger charge is 2.30. The van der Waals surface area contributed by atoms with E-state index in [0.29, 0.717) is 5.92 Å². The Morgan fingerprint density at radius 1 is 1.22 bits per heavy atom. The molecule has 1 aliphatic heterocycles. The van der Waals surface area contributed by atoms with Gasteiger partial charge in [0.05, 0.1) is 18.8 Å². The fraction of sp³-hybridized carbons (Fsp3) is 0.929. The van der Waals surface area contributed by atoms with E-state index in [0.717, 1.165) is 38.2 Å². The summed E-state index contributed by atoms with van der Waals surface area (Å²) in [5.41, 5.74) is -0.0245. The quantitative estimate of drug-likeness (QED) is 0.581. The van der Waals surface area contributed by atoms with Crippen LogP contribution in [0.25, 0.3) is 0 Å². The average molecular weight is 274 g/mol. The number of hydrogen-bond donors (Lipinski definition) is 0. The van der Waals surface area contributed by atoms with Gasteiger partial charge in [0.1, 0.15) is 5.50 Å². The molecule has 18 heavy (non-hydrogen) atoms. The molecule has 3 nitrogen and oxygen atoms in total. The van der Waals surface area contributed by atoms with Crippen molar-refractivity contribution in [1.82, 2.24) is 0 Å². The Balaban J connectivity index is 1.77. The molecule has 1 fully saturated rings. The Hall–Kier alpha value is -0.120. The molecular formula is C14H24ClNO2. The minimum atomic E-state index is -0.0245. The second-order valence-electron chi connectivity index (χ2n) is 5.63. The van der Waals surface area contributed by atoms with E-state index in [1.807, 2.05) is 6.21 Å². The molecule has 2 aliphatic rings. The average Bonchev–Trinajstić information content (AvgIpc) is 2.39. The summed E-state index contributed by atoms with van der Waals surface area (Å²) in [7, 11) is 1.79. The molecule has 1 aliphatic carbocycles.